The topological polar surface area (TPSA) is 92.5 Å². The van der Waals surface area contributed by atoms with E-state index < -0.39 is 5.60 Å². The van der Waals surface area contributed by atoms with E-state index in [0.29, 0.717) is 36.0 Å². The van der Waals surface area contributed by atoms with Gasteiger partial charge in [0.05, 0.1) is 18.2 Å². The Bertz CT molecular complexity index is 821. The minimum Gasteiger partial charge on any atom is -0.393 e. The summed E-state index contributed by atoms with van der Waals surface area (Å²) in [5, 5.41) is 26.5. The zero-order chi connectivity index (χ0) is 21.1. The Morgan fingerprint density at radius 2 is 1.97 bits per heavy atom. The summed E-state index contributed by atoms with van der Waals surface area (Å²) in [7, 11) is 0. The largest absolute Gasteiger partial charge is 0.393 e. The van der Waals surface area contributed by atoms with Crippen LogP contribution in [-0.4, -0.2) is 27.1 Å². The molecule has 5 nitrogen and oxygen atoms in total. The summed E-state index contributed by atoms with van der Waals surface area (Å²) in [5.41, 5.74) is 6.07. The van der Waals surface area contributed by atoms with Gasteiger partial charge in [-0.1, -0.05) is 25.1 Å². The molecule has 4 aliphatic rings. The van der Waals surface area contributed by atoms with Crippen LogP contribution in [-0.2, 0) is 6.54 Å². The quantitative estimate of drug-likeness (QED) is 0.686. The van der Waals surface area contributed by atoms with Gasteiger partial charge in [0.2, 0.25) is 0 Å². The van der Waals surface area contributed by atoms with Gasteiger partial charge >= 0.3 is 0 Å². The van der Waals surface area contributed by atoms with Gasteiger partial charge in [0.1, 0.15) is 5.69 Å². The molecule has 2 unspecified atom stereocenters. The van der Waals surface area contributed by atoms with Crippen LogP contribution in [0.3, 0.4) is 0 Å². The predicted molar refractivity (Wildman–Crippen MR) is 116 cm³/mol. The third-order valence-electron chi connectivity index (χ3n) is 10.2. The predicted octanol–water partition coefficient (Wildman–Crippen LogP) is 4.28. The summed E-state index contributed by atoms with van der Waals surface area (Å²) in [5.74, 6) is 2.66. The third-order valence-corrected chi connectivity index (χ3v) is 10.2. The number of allylic oxidation sites excluding steroid dienone is 1. The number of nitrogens with zero attached hydrogens (tertiary/aromatic N) is 1. The van der Waals surface area contributed by atoms with Crippen LogP contribution in [0, 0.1) is 34.5 Å². The van der Waals surface area contributed by atoms with E-state index in [0.717, 1.165) is 57.1 Å². The minimum atomic E-state index is -0.582. The van der Waals surface area contributed by atoms with E-state index in [9.17, 15) is 10.2 Å². The fraction of sp³-hybridized carbons (Fsp3) is 0.800. The van der Waals surface area contributed by atoms with E-state index in [1.54, 1.807) is 0 Å². The van der Waals surface area contributed by atoms with Crippen LogP contribution in [0.15, 0.2) is 16.7 Å². The Morgan fingerprint density at radius 3 is 2.73 bits per heavy atom. The zero-order valence-electron chi connectivity index (χ0n) is 18.5. The van der Waals surface area contributed by atoms with Crippen molar-refractivity contribution < 1.29 is 14.7 Å². The maximum atomic E-state index is 12.2. The van der Waals surface area contributed by atoms with Crippen molar-refractivity contribution in [1.29, 1.82) is 0 Å². The van der Waals surface area contributed by atoms with Gasteiger partial charge in [-0.3, -0.25) is 0 Å². The van der Waals surface area contributed by atoms with E-state index in [1.165, 1.54) is 6.42 Å². The average Bonchev–Trinajstić information content (AvgIpc) is 3.29. The highest BCUT2D eigenvalue weighted by Gasteiger charge is 2.66. The van der Waals surface area contributed by atoms with E-state index in [1.807, 2.05) is 6.07 Å². The first-order valence-corrected chi connectivity index (χ1v) is 12.0. The van der Waals surface area contributed by atoms with Crippen molar-refractivity contribution in [3.63, 3.8) is 0 Å². The van der Waals surface area contributed by atoms with Gasteiger partial charge in [0, 0.05) is 11.5 Å². The van der Waals surface area contributed by atoms with Crippen LogP contribution >= 0.6 is 0 Å². The number of fused-ring (bicyclic) bond motifs is 5. The first-order chi connectivity index (χ1) is 14.3. The van der Waals surface area contributed by atoms with Crippen LogP contribution < -0.4 is 5.73 Å². The molecule has 5 heteroatoms. The van der Waals surface area contributed by atoms with Gasteiger partial charge in [0.15, 0.2) is 5.76 Å². The van der Waals surface area contributed by atoms with E-state index in [2.05, 4.69) is 31.2 Å². The van der Waals surface area contributed by atoms with Crippen LogP contribution in [0.1, 0.15) is 83.1 Å². The highest BCUT2D eigenvalue weighted by atomic mass is 16.5. The number of aliphatic hydroxyl groups is 2. The first-order valence-electron chi connectivity index (χ1n) is 12.0. The number of aromatic nitrogens is 1. The molecule has 0 bridgehead atoms. The fourth-order valence-electron chi connectivity index (χ4n) is 8.27. The first kappa shape index (κ1) is 20.7. The van der Waals surface area contributed by atoms with Crippen molar-refractivity contribution in [2.75, 3.05) is 0 Å². The van der Waals surface area contributed by atoms with Crippen molar-refractivity contribution >= 4 is 6.08 Å². The molecule has 30 heavy (non-hydrogen) atoms. The molecule has 0 spiro atoms. The number of aliphatic hydroxyl groups excluding tert-OH is 1. The lowest BCUT2D eigenvalue weighted by Crippen LogP contribution is -2.62. The SMILES string of the molecule is C[C@]12CC[C@H](O)C[C@H]1CCC1C2CC[C@]2(C)[C@@H](/C=C/c3cc(CN)on3)CC[C@]12O. The summed E-state index contributed by atoms with van der Waals surface area (Å²) >= 11 is 0. The van der Waals surface area contributed by atoms with Crippen LogP contribution in [0.5, 0.6) is 0 Å². The minimum absolute atomic E-state index is 0.0809. The zero-order valence-corrected chi connectivity index (χ0v) is 18.5. The second kappa shape index (κ2) is 7.18. The molecule has 1 aromatic heterocycles. The summed E-state index contributed by atoms with van der Waals surface area (Å²) in [6, 6.07) is 1.90. The van der Waals surface area contributed by atoms with E-state index in [4.69, 9.17) is 10.3 Å². The molecule has 8 atom stereocenters. The molecule has 1 heterocycles. The molecular weight excluding hydrogens is 376 g/mol. The van der Waals surface area contributed by atoms with Gasteiger partial charge in [0.25, 0.3) is 0 Å². The normalized spacial score (nSPS) is 48.4. The second-order valence-electron chi connectivity index (χ2n) is 11.2. The van der Waals surface area contributed by atoms with Crippen LogP contribution in [0.2, 0.25) is 0 Å². The number of rotatable bonds is 3. The molecule has 4 fully saturated rings. The lowest BCUT2D eigenvalue weighted by molar-refractivity contribution is -0.207. The van der Waals surface area contributed by atoms with E-state index in [-0.39, 0.29) is 16.9 Å². The molecule has 0 aliphatic heterocycles. The molecular formula is C25H38N2O3. The Balaban J connectivity index is 1.39. The maximum Gasteiger partial charge on any atom is 0.150 e. The molecule has 166 valence electrons. The highest BCUT2D eigenvalue weighted by Crippen LogP contribution is 2.69. The molecule has 1 aromatic rings. The Morgan fingerprint density at radius 1 is 1.13 bits per heavy atom. The molecule has 0 radical (unpaired) electrons. The van der Waals surface area contributed by atoms with Gasteiger partial charge in [-0.2, -0.15) is 0 Å². The second-order valence-corrected chi connectivity index (χ2v) is 11.2. The van der Waals surface area contributed by atoms with Crippen LogP contribution in [0.4, 0.5) is 0 Å². The summed E-state index contributed by atoms with van der Waals surface area (Å²) in [6.45, 7) is 5.16. The van der Waals surface area contributed by atoms with Gasteiger partial charge in [-0.25, -0.2) is 0 Å². The Labute approximate surface area is 180 Å². The average molecular weight is 415 g/mol. The summed E-state index contributed by atoms with van der Waals surface area (Å²) < 4.78 is 5.23. The molecule has 4 aliphatic carbocycles. The van der Waals surface area contributed by atoms with Crippen molar-refractivity contribution in [3.05, 3.63) is 23.6 Å². The lowest BCUT2D eigenvalue weighted by atomic mass is 9.43. The Hall–Kier alpha value is -1.17. The monoisotopic (exact) mass is 414 g/mol. The van der Waals surface area contributed by atoms with Crippen molar-refractivity contribution in [1.82, 2.24) is 5.16 Å². The van der Waals surface area contributed by atoms with Crippen molar-refractivity contribution in [2.24, 2.45) is 40.2 Å². The van der Waals surface area contributed by atoms with Crippen molar-refractivity contribution in [2.45, 2.75) is 89.9 Å². The molecule has 0 saturated heterocycles. The van der Waals surface area contributed by atoms with Gasteiger partial charge < -0.3 is 20.5 Å². The number of nitrogens with two attached hydrogens (primary N) is 1. The summed E-state index contributed by atoms with van der Waals surface area (Å²) in [4.78, 5) is 0. The molecule has 0 aromatic carbocycles. The smallest absolute Gasteiger partial charge is 0.150 e. The van der Waals surface area contributed by atoms with Crippen LogP contribution in [0.25, 0.3) is 6.08 Å². The standard InChI is InChI=1S/C25H38N2O3/c1-23-10-8-19(28)13-17(23)4-6-22-21(23)9-11-24(2)16(7-12-25(22,24)29)3-5-18-14-20(15-26)30-27-18/h3,5,14,16-17,19,21-22,28-29H,4,6-13,15,26H2,1-2H3/b5-3+/t16-,17+,19-,21?,22?,23-,24+,25-/m0/s1. The lowest BCUT2D eigenvalue weighted by Gasteiger charge is -2.63. The van der Waals surface area contributed by atoms with Crippen molar-refractivity contribution in [3.8, 4) is 0 Å². The number of hydrogen-bond donors (Lipinski definition) is 3. The molecule has 4 saturated carbocycles. The Kier molecular flexibility index (Phi) is 4.96. The fourth-order valence-corrected chi connectivity index (χ4v) is 8.27. The maximum absolute atomic E-state index is 12.2. The van der Waals surface area contributed by atoms with E-state index >= 15 is 0 Å². The third kappa shape index (κ3) is 2.88. The van der Waals surface area contributed by atoms with Gasteiger partial charge in [-0.05, 0) is 93.0 Å². The molecule has 5 rings (SSSR count). The summed E-state index contributed by atoms with van der Waals surface area (Å²) in [6.07, 6.45) is 13.7. The molecule has 4 N–H and O–H groups in total. The van der Waals surface area contributed by atoms with Gasteiger partial charge in [-0.15, -0.1) is 0 Å². The highest BCUT2D eigenvalue weighted by molar-refractivity contribution is 5.45. The number of hydrogen-bond acceptors (Lipinski definition) is 5. The molecule has 0 amide bonds.